The van der Waals surface area contributed by atoms with Gasteiger partial charge >= 0.3 is 0 Å². The van der Waals surface area contributed by atoms with Gasteiger partial charge in [-0.2, -0.15) is 0 Å². The Morgan fingerprint density at radius 3 is 2.72 bits per heavy atom. The highest BCUT2D eigenvalue weighted by Gasteiger charge is 2.42. The normalized spacial score (nSPS) is 20.6. The highest BCUT2D eigenvalue weighted by molar-refractivity contribution is 5.95. The van der Waals surface area contributed by atoms with E-state index < -0.39 is 5.82 Å². The van der Waals surface area contributed by atoms with Crippen LogP contribution in [0.5, 0.6) is 0 Å². The summed E-state index contributed by atoms with van der Waals surface area (Å²) >= 11 is 0. The van der Waals surface area contributed by atoms with Crippen molar-refractivity contribution in [1.29, 1.82) is 0 Å². The van der Waals surface area contributed by atoms with Crippen molar-refractivity contribution in [2.45, 2.75) is 44.7 Å². The summed E-state index contributed by atoms with van der Waals surface area (Å²) in [6, 6.07) is 2.03. The molecule has 18 heavy (non-hydrogen) atoms. The molecule has 0 bridgehead atoms. The van der Waals surface area contributed by atoms with Gasteiger partial charge in [-0.05, 0) is 44.6 Å². The smallest absolute Gasteiger partial charge is 0.257 e. The Labute approximate surface area is 106 Å². The van der Waals surface area contributed by atoms with E-state index in [-0.39, 0.29) is 17.5 Å². The zero-order valence-electron chi connectivity index (χ0n) is 10.5. The predicted octanol–water partition coefficient (Wildman–Crippen LogP) is 2.62. The largest absolute Gasteiger partial charge is 0.333 e. The number of nitrogens with zero attached hydrogens (tertiary/aromatic N) is 2. The standard InChI is InChI=1S/C14H17FN2O/c1-9(10-2-3-10)17(11-4-5-11)14(18)12-6-7-16-8-13(12)15/h6-11H,2-5H2,1H3/t9-/m0/s1. The molecule has 3 nitrogen and oxygen atoms in total. The lowest BCUT2D eigenvalue weighted by Crippen LogP contribution is -2.42. The van der Waals surface area contributed by atoms with Gasteiger partial charge in [0.15, 0.2) is 5.82 Å². The van der Waals surface area contributed by atoms with Crippen molar-refractivity contribution in [2.24, 2.45) is 5.92 Å². The molecule has 2 aliphatic rings. The summed E-state index contributed by atoms with van der Waals surface area (Å²) < 4.78 is 13.7. The lowest BCUT2D eigenvalue weighted by molar-refractivity contribution is 0.0649. The Kier molecular flexibility index (Phi) is 2.80. The first-order valence-corrected chi connectivity index (χ1v) is 6.60. The van der Waals surface area contributed by atoms with Crippen LogP contribution in [0.3, 0.4) is 0 Å². The zero-order chi connectivity index (χ0) is 12.7. The number of rotatable bonds is 4. The number of halogens is 1. The van der Waals surface area contributed by atoms with Crippen LogP contribution in [-0.2, 0) is 0 Å². The lowest BCUT2D eigenvalue weighted by atomic mass is 10.1. The lowest BCUT2D eigenvalue weighted by Gasteiger charge is -2.29. The Balaban J connectivity index is 1.86. The molecule has 0 N–H and O–H groups in total. The highest BCUT2D eigenvalue weighted by atomic mass is 19.1. The summed E-state index contributed by atoms with van der Waals surface area (Å²) in [5.74, 6) is -0.0765. The molecule has 1 aromatic heterocycles. The first-order valence-electron chi connectivity index (χ1n) is 6.60. The fourth-order valence-corrected chi connectivity index (χ4v) is 2.53. The molecule has 0 aliphatic heterocycles. The molecule has 0 aromatic carbocycles. The van der Waals surface area contributed by atoms with E-state index in [0.717, 1.165) is 19.0 Å². The van der Waals surface area contributed by atoms with Crippen molar-refractivity contribution in [3.05, 3.63) is 29.8 Å². The fourth-order valence-electron chi connectivity index (χ4n) is 2.53. The molecule has 2 fully saturated rings. The van der Waals surface area contributed by atoms with Crippen molar-refractivity contribution < 1.29 is 9.18 Å². The van der Waals surface area contributed by atoms with Gasteiger partial charge in [-0.3, -0.25) is 9.78 Å². The van der Waals surface area contributed by atoms with Gasteiger partial charge in [0.1, 0.15) is 0 Å². The molecular formula is C14H17FN2O. The van der Waals surface area contributed by atoms with E-state index in [1.807, 2.05) is 4.90 Å². The van der Waals surface area contributed by atoms with Crippen molar-refractivity contribution in [3.8, 4) is 0 Å². The van der Waals surface area contributed by atoms with Crippen LogP contribution in [0.1, 0.15) is 43.0 Å². The average molecular weight is 248 g/mol. The van der Waals surface area contributed by atoms with Crippen LogP contribution in [0, 0.1) is 11.7 Å². The second-order valence-electron chi connectivity index (χ2n) is 5.38. The predicted molar refractivity (Wildman–Crippen MR) is 65.6 cm³/mol. The summed E-state index contributed by atoms with van der Waals surface area (Å²) in [7, 11) is 0. The molecule has 3 rings (SSSR count). The maximum Gasteiger partial charge on any atom is 0.257 e. The third-order valence-electron chi connectivity index (χ3n) is 3.92. The topological polar surface area (TPSA) is 33.2 Å². The van der Waals surface area contributed by atoms with Gasteiger partial charge < -0.3 is 4.90 Å². The molecule has 1 atom stereocenters. The van der Waals surface area contributed by atoms with Gasteiger partial charge in [0.05, 0.1) is 11.8 Å². The molecule has 4 heteroatoms. The summed E-state index contributed by atoms with van der Waals surface area (Å²) in [5.41, 5.74) is 0.157. The van der Waals surface area contributed by atoms with Gasteiger partial charge in [-0.1, -0.05) is 0 Å². The Hall–Kier alpha value is -1.45. The number of aromatic nitrogens is 1. The number of amides is 1. The molecule has 0 radical (unpaired) electrons. The molecule has 0 spiro atoms. The van der Waals surface area contributed by atoms with Gasteiger partial charge in [0, 0.05) is 18.3 Å². The fraction of sp³-hybridized carbons (Fsp3) is 0.571. The van der Waals surface area contributed by atoms with Gasteiger partial charge in [-0.15, -0.1) is 0 Å². The van der Waals surface area contributed by atoms with Gasteiger partial charge in [0.25, 0.3) is 5.91 Å². The van der Waals surface area contributed by atoms with Crippen molar-refractivity contribution in [1.82, 2.24) is 9.88 Å². The summed E-state index contributed by atoms with van der Waals surface area (Å²) in [6.45, 7) is 2.09. The molecule has 1 heterocycles. The quantitative estimate of drug-likeness (QED) is 0.820. The van der Waals surface area contributed by atoms with Crippen molar-refractivity contribution >= 4 is 5.91 Å². The Morgan fingerprint density at radius 1 is 1.44 bits per heavy atom. The number of hydrogen-bond donors (Lipinski definition) is 0. The number of hydrogen-bond acceptors (Lipinski definition) is 2. The SMILES string of the molecule is C[C@@H](C1CC1)N(C(=O)c1ccncc1F)C1CC1. The van der Waals surface area contributed by atoms with Crippen LogP contribution in [0.4, 0.5) is 4.39 Å². The summed E-state index contributed by atoms with van der Waals surface area (Å²) in [6.07, 6.45) is 7.07. The monoisotopic (exact) mass is 248 g/mol. The van der Waals surface area contributed by atoms with Crippen molar-refractivity contribution in [2.75, 3.05) is 0 Å². The maximum absolute atomic E-state index is 13.7. The van der Waals surface area contributed by atoms with Gasteiger partial charge in [-0.25, -0.2) is 4.39 Å². The van der Waals surface area contributed by atoms with E-state index >= 15 is 0 Å². The Morgan fingerprint density at radius 2 is 2.17 bits per heavy atom. The van der Waals surface area contributed by atoms with Crippen LogP contribution in [0.25, 0.3) is 0 Å². The third-order valence-corrected chi connectivity index (χ3v) is 3.92. The van der Waals surface area contributed by atoms with Crippen LogP contribution in [0.2, 0.25) is 0 Å². The number of pyridine rings is 1. The van der Waals surface area contributed by atoms with Gasteiger partial charge in [0.2, 0.25) is 0 Å². The molecule has 2 aliphatic carbocycles. The average Bonchev–Trinajstić information content (AvgIpc) is 3.22. The van der Waals surface area contributed by atoms with Crippen LogP contribution in [0.15, 0.2) is 18.5 Å². The maximum atomic E-state index is 13.7. The van der Waals surface area contributed by atoms with E-state index in [4.69, 9.17) is 0 Å². The molecule has 0 saturated heterocycles. The first-order chi connectivity index (χ1) is 8.68. The molecule has 2 saturated carbocycles. The van der Waals surface area contributed by atoms with E-state index in [0.29, 0.717) is 12.0 Å². The summed E-state index contributed by atoms with van der Waals surface area (Å²) in [5, 5.41) is 0. The minimum Gasteiger partial charge on any atom is -0.333 e. The van der Waals surface area contributed by atoms with Crippen molar-refractivity contribution in [3.63, 3.8) is 0 Å². The molecule has 96 valence electrons. The molecule has 1 aromatic rings. The minimum atomic E-state index is -0.517. The summed E-state index contributed by atoms with van der Waals surface area (Å²) in [4.78, 5) is 18.1. The van der Waals surface area contributed by atoms with E-state index in [2.05, 4.69) is 11.9 Å². The van der Waals surface area contributed by atoms with E-state index in [9.17, 15) is 9.18 Å². The third kappa shape index (κ3) is 2.11. The molecule has 0 unspecified atom stereocenters. The highest BCUT2D eigenvalue weighted by Crippen LogP contribution is 2.40. The van der Waals surface area contributed by atoms with Crippen LogP contribution in [-0.4, -0.2) is 27.9 Å². The molecular weight excluding hydrogens is 231 g/mol. The second kappa shape index (κ2) is 4.34. The minimum absolute atomic E-state index is 0.157. The molecule has 1 amide bonds. The van der Waals surface area contributed by atoms with E-state index in [1.54, 1.807) is 0 Å². The first kappa shape index (κ1) is 11.6. The Bertz CT molecular complexity index is 469. The van der Waals surface area contributed by atoms with E-state index in [1.165, 1.54) is 25.1 Å². The van der Waals surface area contributed by atoms with Crippen LogP contribution >= 0.6 is 0 Å². The number of carbonyl (C=O) groups is 1. The van der Waals surface area contributed by atoms with Crippen LogP contribution < -0.4 is 0 Å². The zero-order valence-corrected chi connectivity index (χ0v) is 10.5. The second-order valence-corrected chi connectivity index (χ2v) is 5.38. The number of carbonyl (C=O) groups excluding carboxylic acids is 1.